The molecule has 0 aliphatic carbocycles. The highest BCUT2D eigenvalue weighted by Crippen LogP contribution is 2.27. The molecule has 13 atom stereocenters. The van der Waals surface area contributed by atoms with Crippen molar-refractivity contribution >= 4 is 76.7 Å². The number of likely N-dealkylation sites (N-methyl/N-ethyl adjacent to an activating group) is 7. The molecule has 534 valence electrons. The molecule has 93 heavy (non-hydrogen) atoms. The second-order valence-corrected chi connectivity index (χ2v) is 30.1. The largest absolute Gasteiger partial charge is 0.390 e. The van der Waals surface area contributed by atoms with E-state index in [1.807, 2.05) is 87.4 Å². The molecule has 24 nitrogen and oxygen atoms in total. The Hall–Kier alpha value is -5.82. The number of nitrogens with zero attached hydrogens (tertiary/aromatic N) is 8. The summed E-state index contributed by atoms with van der Waals surface area (Å²) >= 11 is 1.41. The van der Waals surface area contributed by atoms with Gasteiger partial charge in [0.15, 0.2) is 0 Å². The van der Waals surface area contributed by atoms with Crippen LogP contribution < -0.4 is 21.3 Å². The summed E-state index contributed by atoms with van der Waals surface area (Å²) in [5.41, 5.74) is 0. The number of hydrogen-bond acceptors (Lipinski definition) is 14. The molecule has 5 N–H and O–H groups in total. The van der Waals surface area contributed by atoms with Crippen molar-refractivity contribution < 1.29 is 57.8 Å². The lowest BCUT2D eigenvalue weighted by Gasteiger charge is -2.42. The van der Waals surface area contributed by atoms with Gasteiger partial charge >= 0.3 is 0 Å². The van der Waals surface area contributed by atoms with Crippen LogP contribution in [0.5, 0.6) is 0 Å². The van der Waals surface area contributed by atoms with Crippen molar-refractivity contribution in [3.8, 4) is 0 Å². The third-order valence-electron chi connectivity index (χ3n) is 17.5. The number of aliphatic hydroxyl groups excluding tert-OH is 1. The zero-order valence-corrected chi connectivity index (χ0v) is 62.6. The summed E-state index contributed by atoms with van der Waals surface area (Å²) in [4.78, 5) is 175. The molecular weight excluding hydrogens is 1210 g/mol. The second-order valence-electron chi connectivity index (χ2n) is 28.9. The maximum absolute atomic E-state index is 15.4. The lowest BCUT2D eigenvalue weighted by Crippen LogP contribution is -2.64. The van der Waals surface area contributed by atoms with E-state index in [9.17, 15) is 29.1 Å². The van der Waals surface area contributed by atoms with Crippen LogP contribution in [0.1, 0.15) is 157 Å². The standard InChI is InChI=1S/C68H124N12O12S/c1-28-29-30-45(16)57(81)56-61(85)72-54(43(12)13)67(91)78(25)52(37-93-32-31-73(19)20)65(89)74(21)49(34-39(4)5)60(84)71-53(42(10)11)66(90)75(22)48(33-38(2)3)59(83)69-46(17)58(82)70-47(18)62(86)76(23)50(35-40(6)7)63(87)77(24)51(36-41(8)9)64(88)79(26)55(44(14)15)68(92)80(56)27/h28-29,38-57,81H,30-37H2,1-27H3,(H,69,83)(H,70,82)(H,71,84)(H,72,85)/b29-28+/t45-,46-,47+,48?,49+,50-,51-,52-,53-,54-,55-,56-,57-/m1/s1. The highest BCUT2D eigenvalue weighted by Gasteiger charge is 2.47. The number of carbonyl (C=O) groups excluding carboxylic acids is 11. The summed E-state index contributed by atoms with van der Waals surface area (Å²) < 4.78 is 0. The molecule has 11 amide bonds. The van der Waals surface area contributed by atoms with Gasteiger partial charge in [0.2, 0.25) is 65.0 Å². The lowest BCUT2D eigenvalue weighted by atomic mass is 9.91. The van der Waals surface area contributed by atoms with Gasteiger partial charge in [0.1, 0.15) is 66.5 Å². The van der Waals surface area contributed by atoms with Crippen LogP contribution in [-0.4, -0.2) is 263 Å². The molecule has 1 aliphatic heterocycles. The van der Waals surface area contributed by atoms with Gasteiger partial charge in [0.05, 0.1) is 6.10 Å². The molecule has 1 fully saturated rings. The van der Waals surface area contributed by atoms with Crippen molar-refractivity contribution in [2.24, 2.45) is 47.3 Å². The Bertz CT molecular complexity index is 2530. The quantitative estimate of drug-likeness (QED) is 0.0845. The van der Waals surface area contributed by atoms with Crippen molar-refractivity contribution in [3.63, 3.8) is 0 Å². The number of nitrogens with one attached hydrogen (secondary N) is 4. The van der Waals surface area contributed by atoms with E-state index in [4.69, 9.17) is 0 Å². The molecule has 1 saturated heterocycles. The van der Waals surface area contributed by atoms with E-state index in [0.29, 0.717) is 18.7 Å². The molecule has 0 bridgehead atoms. The van der Waals surface area contributed by atoms with Crippen LogP contribution in [0.3, 0.4) is 0 Å². The summed E-state index contributed by atoms with van der Waals surface area (Å²) in [6.45, 7) is 32.5. The van der Waals surface area contributed by atoms with E-state index in [1.54, 1.807) is 54.5 Å². The summed E-state index contributed by atoms with van der Waals surface area (Å²) in [5, 5.41) is 23.6. The fourth-order valence-electron chi connectivity index (χ4n) is 11.6. The van der Waals surface area contributed by atoms with Crippen LogP contribution in [0, 0.1) is 47.3 Å². The Morgan fingerprint density at radius 1 is 0.430 bits per heavy atom. The first-order valence-corrected chi connectivity index (χ1v) is 34.7. The van der Waals surface area contributed by atoms with Crippen LogP contribution in [0.15, 0.2) is 12.2 Å². The zero-order valence-electron chi connectivity index (χ0n) is 61.8. The number of rotatable bonds is 20. The van der Waals surface area contributed by atoms with E-state index < -0.39 is 161 Å². The molecule has 0 aromatic heterocycles. The van der Waals surface area contributed by atoms with Crippen LogP contribution in [-0.2, 0) is 52.7 Å². The van der Waals surface area contributed by atoms with Crippen molar-refractivity contribution in [3.05, 3.63) is 12.2 Å². The van der Waals surface area contributed by atoms with Gasteiger partial charge in [0.25, 0.3) is 0 Å². The minimum atomic E-state index is -1.64. The third kappa shape index (κ3) is 24.7. The molecule has 1 unspecified atom stereocenters. The minimum Gasteiger partial charge on any atom is -0.390 e. The van der Waals surface area contributed by atoms with Gasteiger partial charge < -0.3 is 65.6 Å². The van der Waals surface area contributed by atoms with Crippen LogP contribution >= 0.6 is 11.8 Å². The minimum absolute atomic E-state index is 0.0735. The Kier molecular flexibility index (Phi) is 36.0. The predicted molar refractivity (Wildman–Crippen MR) is 368 cm³/mol. The predicted octanol–water partition coefficient (Wildman–Crippen LogP) is 4.18. The Morgan fingerprint density at radius 2 is 0.785 bits per heavy atom. The summed E-state index contributed by atoms with van der Waals surface area (Å²) in [6.07, 6.45) is 2.97. The molecule has 1 heterocycles. The second kappa shape index (κ2) is 39.3. The van der Waals surface area contributed by atoms with Crippen molar-refractivity contribution in [2.45, 2.75) is 229 Å². The van der Waals surface area contributed by atoms with E-state index in [1.165, 1.54) is 104 Å². The number of amides is 11. The SMILES string of the molecule is C/C=C/C[C@@H](C)[C@@H](O)[C@@H]1C(=O)N[C@H](C(C)C)C(=O)N(C)[C@H](CSCCN(C)C)C(=O)N(C)[C@@H](CC(C)C)C(=O)N[C@H](C(C)C)C(=O)N(C)C(CC(C)C)C(=O)N[C@H](C)C(=O)N[C@@H](C)C(=O)N(C)[C@H](CC(C)C)C(=O)N(C)[C@H](CC(C)C)C(=O)N(C)[C@H](C(C)C)C(=O)N1C. The van der Waals surface area contributed by atoms with Crippen molar-refractivity contribution in [1.29, 1.82) is 0 Å². The number of thioether (sulfide) groups is 1. The number of hydrogen-bond donors (Lipinski definition) is 5. The summed E-state index contributed by atoms with van der Waals surface area (Å²) in [6, 6.07) is -13.8. The molecule has 0 radical (unpaired) electrons. The molecule has 25 heteroatoms. The first-order valence-electron chi connectivity index (χ1n) is 33.5. The highest BCUT2D eigenvalue weighted by molar-refractivity contribution is 7.99. The zero-order chi connectivity index (χ0) is 72.1. The van der Waals surface area contributed by atoms with Gasteiger partial charge in [0, 0.05) is 67.4 Å². The van der Waals surface area contributed by atoms with E-state index in [0.717, 1.165) is 4.90 Å². The first-order chi connectivity index (χ1) is 42.9. The van der Waals surface area contributed by atoms with Gasteiger partial charge in [-0.25, -0.2) is 0 Å². The first kappa shape index (κ1) is 85.2. The third-order valence-corrected chi connectivity index (χ3v) is 18.6. The van der Waals surface area contributed by atoms with Crippen LogP contribution in [0.25, 0.3) is 0 Å². The van der Waals surface area contributed by atoms with Crippen LogP contribution in [0.4, 0.5) is 0 Å². The molecule has 1 aliphatic rings. The summed E-state index contributed by atoms with van der Waals surface area (Å²) in [7, 11) is 13.9. The lowest BCUT2D eigenvalue weighted by molar-refractivity contribution is -0.157. The topological polar surface area (TPSA) is 282 Å². The molecular formula is C68H124N12O12S. The average molecular weight is 1330 g/mol. The molecule has 0 spiro atoms. The number of aliphatic hydroxyl groups is 1. The molecule has 1 rings (SSSR count). The van der Waals surface area contributed by atoms with Crippen LogP contribution in [0.2, 0.25) is 0 Å². The monoisotopic (exact) mass is 1330 g/mol. The van der Waals surface area contributed by atoms with E-state index in [-0.39, 0.29) is 55.1 Å². The van der Waals surface area contributed by atoms with Gasteiger partial charge in [-0.3, -0.25) is 52.7 Å². The average Bonchev–Trinajstić information content (AvgIpc) is 1.32. The Labute approximate surface area is 562 Å². The van der Waals surface area contributed by atoms with E-state index in [2.05, 4.69) is 21.3 Å². The van der Waals surface area contributed by atoms with Gasteiger partial charge in [-0.2, -0.15) is 11.8 Å². The normalized spacial score (nSPS) is 26.6. The molecule has 0 aromatic carbocycles. The van der Waals surface area contributed by atoms with Gasteiger partial charge in [-0.15, -0.1) is 0 Å². The highest BCUT2D eigenvalue weighted by atomic mass is 32.2. The summed E-state index contributed by atoms with van der Waals surface area (Å²) in [5.74, 6) is -9.77. The van der Waals surface area contributed by atoms with Crippen molar-refractivity contribution in [1.82, 2.24) is 60.5 Å². The maximum atomic E-state index is 15.4. The smallest absolute Gasteiger partial charge is 0.246 e. The maximum Gasteiger partial charge on any atom is 0.246 e. The Balaban J connectivity index is 4.58. The fourth-order valence-corrected chi connectivity index (χ4v) is 12.8. The van der Waals surface area contributed by atoms with Gasteiger partial charge in [-0.05, 0) is 114 Å². The fraction of sp³-hybridized carbons (Fsp3) is 0.809. The molecule has 0 saturated carbocycles. The Morgan fingerprint density at radius 3 is 1.20 bits per heavy atom. The number of allylic oxidation sites excluding steroid dienone is 2. The van der Waals surface area contributed by atoms with E-state index >= 15 is 28.8 Å². The van der Waals surface area contributed by atoms with Gasteiger partial charge in [-0.1, -0.05) is 116 Å². The van der Waals surface area contributed by atoms with Crippen molar-refractivity contribution in [2.75, 3.05) is 81.5 Å². The number of carbonyl (C=O) groups is 11. The molecule has 0 aromatic rings.